The van der Waals surface area contributed by atoms with Gasteiger partial charge in [-0.15, -0.1) is 0 Å². The van der Waals surface area contributed by atoms with E-state index in [0.717, 1.165) is 15.4 Å². The molecule has 8 heteroatoms. The van der Waals surface area contributed by atoms with Gasteiger partial charge in [0, 0.05) is 20.1 Å². The summed E-state index contributed by atoms with van der Waals surface area (Å²) in [5, 5.41) is 2.90. The Hall–Kier alpha value is -2.71. The summed E-state index contributed by atoms with van der Waals surface area (Å²) >= 11 is 0. The summed E-state index contributed by atoms with van der Waals surface area (Å²) < 4.78 is 27.0. The van der Waals surface area contributed by atoms with Gasteiger partial charge in [-0.3, -0.25) is 9.59 Å². The third-order valence-corrected chi connectivity index (χ3v) is 7.17. The quantitative estimate of drug-likeness (QED) is 0.543. The highest BCUT2D eigenvalue weighted by atomic mass is 32.2. The van der Waals surface area contributed by atoms with Crippen LogP contribution in [0.2, 0.25) is 0 Å². The van der Waals surface area contributed by atoms with Gasteiger partial charge in [0.05, 0.1) is 11.4 Å². The highest BCUT2D eigenvalue weighted by molar-refractivity contribution is 7.89. The Morgan fingerprint density at radius 3 is 2.15 bits per heavy atom. The predicted molar refractivity (Wildman–Crippen MR) is 130 cm³/mol. The van der Waals surface area contributed by atoms with Gasteiger partial charge in [-0.05, 0) is 37.0 Å². The zero-order chi connectivity index (χ0) is 24.6. The number of aryl methyl sites for hydroxylation is 1. The fourth-order valence-corrected chi connectivity index (χ4v) is 4.50. The van der Waals surface area contributed by atoms with Crippen LogP contribution in [0.3, 0.4) is 0 Å². The Kier molecular flexibility index (Phi) is 9.61. The summed E-state index contributed by atoms with van der Waals surface area (Å²) in [7, 11) is -2.46. The molecule has 0 fully saturated rings. The van der Waals surface area contributed by atoms with Gasteiger partial charge < -0.3 is 10.2 Å². The average Bonchev–Trinajstić information content (AvgIpc) is 2.78. The van der Waals surface area contributed by atoms with Crippen molar-refractivity contribution in [3.63, 3.8) is 0 Å². The van der Waals surface area contributed by atoms with E-state index in [1.54, 1.807) is 12.1 Å². The Labute approximate surface area is 197 Å². The predicted octanol–water partition coefficient (Wildman–Crippen LogP) is 3.20. The average molecular weight is 474 g/mol. The summed E-state index contributed by atoms with van der Waals surface area (Å²) in [6, 6.07) is 15.2. The molecular weight excluding hydrogens is 438 g/mol. The van der Waals surface area contributed by atoms with Gasteiger partial charge >= 0.3 is 0 Å². The van der Waals surface area contributed by atoms with Crippen molar-refractivity contribution in [3.8, 4) is 0 Å². The Balaban J connectivity index is 2.28. The Morgan fingerprint density at radius 2 is 1.61 bits per heavy atom. The molecule has 180 valence electrons. The van der Waals surface area contributed by atoms with Crippen LogP contribution in [0.15, 0.2) is 59.5 Å². The molecule has 1 atom stereocenters. The van der Waals surface area contributed by atoms with Gasteiger partial charge in [0.1, 0.15) is 6.04 Å². The van der Waals surface area contributed by atoms with Gasteiger partial charge in [0.25, 0.3) is 0 Å². The smallest absolute Gasteiger partial charge is 0.243 e. The van der Waals surface area contributed by atoms with Crippen LogP contribution in [0.1, 0.15) is 38.3 Å². The second-order valence-corrected chi connectivity index (χ2v) is 10.7. The van der Waals surface area contributed by atoms with E-state index in [1.165, 1.54) is 24.1 Å². The Bertz CT molecular complexity index is 1020. The third-order valence-electron chi connectivity index (χ3n) is 5.35. The molecule has 0 heterocycles. The number of carbonyl (C=O) groups excluding carboxylic acids is 2. The highest BCUT2D eigenvalue weighted by Gasteiger charge is 2.31. The third kappa shape index (κ3) is 7.40. The highest BCUT2D eigenvalue weighted by Crippen LogP contribution is 2.17. The molecule has 0 unspecified atom stereocenters. The number of nitrogens with one attached hydrogen (secondary N) is 1. The van der Waals surface area contributed by atoms with Crippen LogP contribution < -0.4 is 5.32 Å². The van der Waals surface area contributed by atoms with Gasteiger partial charge in [-0.1, -0.05) is 68.8 Å². The van der Waals surface area contributed by atoms with Crippen molar-refractivity contribution in [2.75, 3.05) is 20.1 Å². The van der Waals surface area contributed by atoms with Crippen molar-refractivity contribution in [1.29, 1.82) is 0 Å². The second-order valence-electron chi connectivity index (χ2n) is 8.64. The lowest BCUT2D eigenvalue weighted by atomic mass is 10.1. The molecule has 2 amide bonds. The van der Waals surface area contributed by atoms with E-state index in [1.807, 2.05) is 58.0 Å². The van der Waals surface area contributed by atoms with Crippen molar-refractivity contribution >= 4 is 21.8 Å². The minimum Gasteiger partial charge on any atom is -0.354 e. The molecule has 0 bridgehead atoms. The summed E-state index contributed by atoms with van der Waals surface area (Å²) in [6.45, 7) is 8.07. The van der Waals surface area contributed by atoms with Crippen LogP contribution in [0.4, 0.5) is 0 Å². The summed E-state index contributed by atoms with van der Waals surface area (Å²) in [4.78, 5) is 27.9. The second kappa shape index (κ2) is 12.0. The molecular formula is C25H35N3O4S. The first-order chi connectivity index (χ1) is 15.6. The zero-order valence-corrected chi connectivity index (χ0v) is 20.9. The number of likely N-dealkylation sites (N-methyl/N-ethyl adjacent to an activating group) is 1. The van der Waals surface area contributed by atoms with E-state index >= 15 is 0 Å². The van der Waals surface area contributed by atoms with Crippen molar-refractivity contribution in [1.82, 2.24) is 14.5 Å². The normalized spacial score (nSPS) is 12.6. The molecule has 0 saturated heterocycles. The minimum absolute atomic E-state index is 0.125. The molecule has 0 radical (unpaired) electrons. The lowest BCUT2D eigenvalue weighted by molar-refractivity contribution is -0.141. The maximum absolute atomic E-state index is 13.4. The van der Waals surface area contributed by atoms with E-state index in [4.69, 9.17) is 0 Å². The minimum atomic E-state index is -3.85. The summed E-state index contributed by atoms with van der Waals surface area (Å²) in [5.41, 5.74) is 1.81. The van der Waals surface area contributed by atoms with Crippen molar-refractivity contribution < 1.29 is 18.0 Å². The maximum atomic E-state index is 13.4. The van der Waals surface area contributed by atoms with Crippen LogP contribution in [0, 0.1) is 12.8 Å². The summed E-state index contributed by atoms with van der Waals surface area (Å²) in [6.07, 6.45) is 0.414. The van der Waals surface area contributed by atoms with Crippen LogP contribution in [-0.2, 0) is 26.2 Å². The lowest BCUT2D eigenvalue weighted by Crippen LogP contribution is -2.52. The van der Waals surface area contributed by atoms with Gasteiger partial charge in [0.15, 0.2) is 0 Å². The number of rotatable bonds is 11. The standard InChI is InChI=1S/C25H35N3O4S/c1-6-23(25(30)26-16-19(2)3)28(17-21-10-8-7-9-11-21)24(29)18-27(5)33(31,32)22-14-12-20(4)13-15-22/h7-15,19,23H,6,16-18H2,1-5H3,(H,26,30)/t23-/m0/s1. The van der Waals surface area contributed by atoms with E-state index in [9.17, 15) is 18.0 Å². The number of sulfonamides is 1. The van der Waals surface area contributed by atoms with Crippen LogP contribution in [-0.4, -0.2) is 55.6 Å². The molecule has 0 aliphatic heterocycles. The van der Waals surface area contributed by atoms with Crippen molar-refractivity contribution in [3.05, 3.63) is 65.7 Å². The molecule has 0 aliphatic rings. The van der Waals surface area contributed by atoms with Crippen molar-refractivity contribution in [2.24, 2.45) is 5.92 Å². The van der Waals surface area contributed by atoms with E-state index in [2.05, 4.69) is 5.32 Å². The monoisotopic (exact) mass is 473 g/mol. The molecule has 2 aromatic rings. The number of hydrogen-bond acceptors (Lipinski definition) is 4. The fraction of sp³-hybridized carbons (Fsp3) is 0.440. The first-order valence-electron chi connectivity index (χ1n) is 11.2. The van der Waals surface area contributed by atoms with Crippen LogP contribution >= 0.6 is 0 Å². The maximum Gasteiger partial charge on any atom is 0.243 e. The number of hydrogen-bond donors (Lipinski definition) is 1. The van der Waals surface area contributed by atoms with Crippen molar-refractivity contribution in [2.45, 2.75) is 51.6 Å². The van der Waals surface area contributed by atoms with E-state index < -0.39 is 22.0 Å². The van der Waals surface area contributed by atoms with E-state index in [-0.39, 0.29) is 29.8 Å². The molecule has 7 nitrogen and oxygen atoms in total. The molecule has 2 rings (SSSR count). The number of benzene rings is 2. The molecule has 0 spiro atoms. The molecule has 2 aromatic carbocycles. The fourth-order valence-electron chi connectivity index (χ4n) is 3.38. The SMILES string of the molecule is CC[C@@H](C(=O)NCC(C)C)N(Cc1ccccc1)C(=O)CN(C)S(=O)(=O)c1ccc(C)cc1. The van der Waals surface area contributed by atoms with Crippen LogP contribution in [0.25, 0.3) is 0 Å². The molecule has 0 aromatic heterocycles. The number of amides is 2. The lowest BCUT2D eigenvalue weighted by Gasteiger charge is -2.32. The largest absolute Gasteiger partial charge is 0.354 e. The first-order valence-corrected chi connectivity index (χ1v) is 12.6. The molecule has 1 N–H and O–H groups in total. The van der Waals surface area contributed by atoms with Crippen LogP contribution in [0.5, 0.6) is 0 Å². The number of carbonyl (C=O) groups is 2. The molecule has 33 heavy (non-hydrogen) atoms. The van der Waals surface area contributed by atoms with Gasteiger partial charge in [0.2, 0.25) is 21.8 Å². The Morgan fingerprint density at radius 1 is 1.00 bits per heavy atom. The topological polar surface area (TPSA) is 86.8 Å². The molecule has 0 saturated carbocycles. The number of nitrogens with zero attached hydrogens (tertiary/aromatic N) is 2. The molecule has 0 aliphatic carbocycles. The van der Waals surface area contributed by atoms with Gasteiger partial charge in [-0.2, -0.15) is 4.31 Å². The summed E-state index contributed by atoms with van der Waals surface area (Å²) in [5.74, 6) is -0.390. The van der Waals surface area contributed by atoms with E-state index in [0.29, 0.717) is 13.0 Å². The first kappa shape index (κ1) is 26.5. The zero-order valence-electron chi connectivity index (χ0n) is 20.1. The van der Waals surface area contributed by atoms with Gasteiger partial charge in [-0.25, -0.2) is 8.42 Å².